The fourth-order valence-electron chi connectivity index (χ4n) is 2.73. The van der Waals surface area contributed by atoms with Crippen LogP contribution in [0.25, 0.3) is 0 Å². The first-order valence-corrected chi connectivity index (χ1v) is 6.77. The Labute approximate surface area is 114 Å². The summed E-state index contributed by atoms with van der Waals surface area (Å²) < 4.78 is 5.47. The van der Waals surface area contributed by atoms with Gasteiger partial charge in [0.2, 0.25) is 5.91 Å². The van der Waals surface area contributed by atoms with Crippen molar-refractivity contribution in [3.05, 3.63) is 34.9 Å². The lowest BCUT2D eigenvalue weighted by Gasteiger charge is -2.20. The number of nitrogens with two attached hydrogens (primary N) is 1. The Balaban J connectivity index is 1.98. The van der Waals surface area contributed by atoms with E-state index in [0.717, 1.165) is 24.9 Å². The maximum Gasteiger partial charge on any atom is 0.248 e. The second-order valence-electron chi connectivity index (χ2n) is 5.20. The molecule has 1 saturated carbocycles. The van der Waals surface area contributed by atoms with Gasteiger partial charge < -0.3 is 15.8 Å². The van der Waals surface area contributed by atoms with Crippen LogP contribution in [-0.4, -0.2) is 25.2 Å². The van der Waals surface area contributed by atoms with Crippen molar-refractivity contribution < 1.29 is 9.53 Å². The summed E-state index contributed by atoms with van der Waals surface area (Å²) in [7, 11) is 1.78. The van der Waals surface area contributed by atoms with Gasteiger partial charge in [-0.25, -0.2) is 0 Å². The average Bonchev–Trinajstić information content (AvgIpc) is 2.84. The summed E-state index contributed by atoms with van der Waals surface area (Å²) in [6.45, 7) is 2.81. The van der Waals surface area contributed by atoms with E-state index >= 15 is 0 Å². The fourth-order valence-corrected chi connectivity index (χ4v) is 2.73. The van der Waals surface area contributed by atoms with E-state index in [1.54, 1.807) is 13.2 Å². The monoisotopic (exact) mass is 262 g/mol. The Kier molecular flexibility index (Phi) is 4.56. The molecule has 0 saturated heterocycles. The summed E-state index contributed by atoms with van der Waals surface area (Å²) in [5.74, 6) is -0.377. The van der Waals surface area contributed by atoms with E-state index < -0.39 is 0 Å². The predicted molar refractivity (Wildman–Crippen MR) is 75.0 cm³/mol. The van der Waals surface area contributed by atoms with Gasteiger partial charge >= 0.3 is 0 Å². The molecule has 4 heteroatoms. The first-order valence-electron chi connectivity index (χ1n) is 6.77. The summed E-state index contributed by atoms with van der Waals surface area (Å²) in [6, 6.07) is 6.04. The summed E-state index contributed by atoms with van der Waals surface area (Å²) >= 11 is 0. The van der Waals surface area contributed by atoms with Crippen LogP contribution in [0.4, 0.5) is 0 Å². The van der Waals surface area contributed by atoms with Gasteiger partial charge in [-0.05, 0) is 49.4 Å². The summed E-state index contributed by atoms with van der Waals surface area (Å²) in [5.41, 5.74) is 8.13. The highest BCUT2D eigenvalue weighted by Gasteiger charge is 2.26. The van der Waals surface area contributed by atoms with Gasteiger partial charge in [0.15, 0.2) is 0 Å². The van der Waals surface area contributed by atoms with E-state index in [0.29, 0.717) is 17.7 Å². The third kappa shape index (κ3) is 3.33. The maximum atomic E-state index is 11.1. The molecule has 0 aliphatic heterocycles. The first kappa shape index (κ1) is 14.0. The zero-order valence-electron chi connectivity index (χ0n) is 11.6. The average molecular weight is 262 g/mol. The van der Waals surface area contributed by atoms with E-state index in [1.165, 1.54) is 12.0 Å². The van der Waals surface area contributed by atoms with E-state index in [2.05, 4.69) is 5.32 Å². The fraction of sp³-hybridized carbons (Fsp3) is 0.533. The molecule has 0 radical (unpaired) electrons. The topological polar surface area (TPSA) is 64.3 Å². The van der Waals surface area contributed by atoms with Gasteiger partial charge in [0.25, 0.3) is 0 Å². The van der Waals surface area contributed by atoms with Crippen molar-refractivity contribution in [2.24, 2.45) is 5.73 Å². The molecular weight excluding hydrogens is 240 g/mol. The second-order valence-corrected chi connectivity index (χ2v) is 5.20. The highest BCUT2D eigenvalue weighted by atomic mass is 16.5. The molecule has 1 aromatic rings. The van der Waals surface area contributed by atoms with Gasteiger partial charge in [-0.2, -0.15) is 0 Å². The van der Waals surface area contributed by atoms with Crippen molar-refractivity contribution in [1.29, 1.82) is 0 Å². The van der Waals surface area contributed by atoms with Crippen molar-refractivity contribution in [2.45, 2.75) is 44.9 Å². The highest BCUT2D eigenvalue weighted by Crippen LogP contribution is 2.22. The Morgan fingerprint density at radius 3 is 2.89 bits per heavy atom. The first-order chi connectivity index (χ1) is 9.11. The molecule has 2 atom stereocenters. The number of hydrogen-bond donors (Lipinski definition) is 2. The van der Waals surface area contributed by atoms with Crippen molar-refractivity contribution in [2.75, 3.05) is 7.11 Å². The van der Waals surface area contributed by atoms with Crippen LogP contribution in [0.1, 0.15) is 40.7 Å². The minimum Gasteiger partial charge on any atom is -0.380 e. The standard InChI is InChI=1S/C15H22N2O2/c1-10-8-11(15(16)18)6-7-12(10)9-17-13-4-3-5-14(13)19-2/h6-8,13-14,17H,3-5,9H2,1-2H3,(H2,16,18). The molecule has 3 N–H and O–H groups in total. The van der Waals surface area contributed by atoms with E-state index in [-0.39, 0.29) is 5.91 Å². The van der Waals surface area contributed by atoms with E-state index in [9.17, 15) is 4.79 Å². The van der Waals surface area contributed by atoms with Crippen LogP contribution in [0, 0.1) is 6.92 Å². The molecule has 1 aromatic carbocycles. The highest BCUT2D eigenvalue weighted by molar-refractivity contribution is 5.93. The molecule has 1 aliphatic rings. The molecule has 104 valence electrons. The third-order valence-electron chi connectivity index (χ3n) is 3.94. The number of nitrogens with one attached hydrogen (secondary N) is 1. The van der Waals surface area contributed by atoms with E-state index in [1.807, 2.05) is 19.1 Å². The summed E-state index contributed by atoms with van der Waals surface area (Å²) in [4.78, 5) is 11.1. The molecule has 0 aromatic heterocycles. The van der Waals surface area contributed by atoms with Gasteiger partial charge in [0.05, 0.1) is 6.10 Å². The number of carbonyl (C=O) groups excluding carboxylic acids is 1. The summed E-state index contributed by atoms with van der Waals surface area (Å²) in [5, 5.41) is 3.55. The molecule has 0 heterocycles. The lowest BCUT2D eigenvalue weighted by Crippen LogP contribution is -2.36. The van der Waals surface area contributed by atoms with Crippen LogP contribution in [0.15, 0.2) is 18.2 Å². The molecule has 1 amide bonds. The Hall–Kier alpha value is -1.39. The summed E-state index contributed by atoms with van der Waals surface area (Å²) in [6.07, 6.45) is 3.84. The molecule has 4 nitrogen and oxygen atoms in total. The number of benzene rings is 1. The van der Waals surface area contributed by atoms with Crippen LogP contribution in [0.5, 0.6) is 0 Å². The molecule has 2 rings (SSSR count). The number of aryl methyl sites for hydroxylation is 1. The van der Waals surface area contributed by atoms with Crippen LogP contribution in [0.3, 0.4) is 0 Å². The predicted octanol–water partition coefficient (Wildman–Crippen LogP) is 1.75. The normalized spacial score (nSPS) is 22.6. The van der Waals surface area contributed by atoms with Crippen molar-refractivity contribution >= 4 is 5.91 Å². The van der Waals surface area contributed by atoms with E-state index in [4.69, 9.17) is 10.5 Å². The number of amides is 1. The van der Waals surface area contributed by atoms with Crippen molar-refractivity contribution in [3.8, 4) is 0 Å². The molecular formula is C15H22N2O2. The zero-order chi connectivity index (χ0) is 13.8. The molecule has 0 spiro atoms. The lowest BCUT2D eigenvalue weighted by atomic mass is 10.0. The molecule has 1 fully saturated rings. The minimum atomic E-state index is -0.377. The van der Waals surface area contributed by atoms with Gasteiger partial charge in [-0.15, -0.1) is 0 Å². The minimum absolute atomic E-state index is 0.324. The zero-order valence-corrected chi connectivity index (χ0v) is 11.6. The number of ether oxygens (including phenoxy) is 1. The van der Waals surface area contributed by atoms with Crippen LogP contribution >= 0.6 is 0 Å². The quantitative estimate of drug-likeness (QED) is 0.849. The Bertz CT molecular complexity index is 459. The van der Waals surface area contributed by atoms with Crippen molar-refractivity contribution in [1.82, 2.24) is 5.32 Å². The van der Waals surface area contributed by atoms with Crippen molar-refractivity contribution in [3.63, 3.8) is 0 Å². The number of hydrogen-bond acceptors (Lipinski definition) is 3. The van der Waals surface area contributed by atoms with Gasteiger partial charge in [0.1, 0.15) is 0 Å². The van der Waals surface area contributed by atoms with Crippen LogP contribution in [0.2, 0.25) is 0 Å². The van der Waals surface area contributed by atoms with Crippen LogP contribution < -0.4 is 11.1 Å². The van der Waals surface area contributed by atoms with Gasteiger partial charge in [-0.1, -0.05) is 6.07 Å². The Morgan fingerprint density at radius 1 is 1.47 bits per heavy atom. The molecule has 0 bridgehead atoms. The SMILES string of the molecule is COC1CCCC1NCc1ccc(C(N)=O)cc1C. The Morgan fingerprint density at radius 2 is 2.26 bits per heavy atom. The number of methoxy groups -OCH3 is 1. The van der Waals surface area contributed by atoms with Gasteiger partial charge in [-0.3, -0.25) is 4.79 Å². The van der Waals surface area contributed by atoms with Crippen LogP contribution in [-0.2, 0) is 11.3 Å². The second kappa shape index (κ2) is 6.17. The molecule has 19 heavy (non-hydrogen) atoms. The smallest absolute Gasteiger partial charge is 0.248 e. The lowest BCUT2D eigenvalue weighted by molar-refractivity contribution is 0.0847. The number of rotatable bonds is 5. The third-order valence-corrected chi connectivity index (χ3v) is 3.94. The molecule has 2 unspecified atom stereocenters. The maximum absolute atomic E-state index is 11.1. The number of carbonyl (C=O) groups is 1. The van der Waals surface area contributed by atoms with Gasteiger partial charge in [0, 0.05) is 25.3 Å². The number of primary amides is 1. The molecule has 1 aliphatic carbocycles. The largest absolute Gasteiger partial charge is 0.380 e.